The largest absolute Gasteiger partial charge is 0.394 e. The first-order valence-electron chi connectivity index (χ1n) is 8.81. The molecule has 0 aromatic carbocycles. The van der Waals surface area contributed by atoms with Gasteiger partial charge >= 0.3 is 0 Å². The van der Waals surface area contributed by atoms with Gasteiger partial charge in [-0.1, -0.05) is 0 Å². The summed E-state index contributed by atoms with van der Waals surface area (Å²) in [5.74, 6) is 0. The molecular formula is C15H26O13. The van der Waals surface area contributed by atoms with E-state index >= 15 is 0 Å². The highest BCUT2D eigenvalue weighted by atomic mass is 16.7. The van der Waals surface area contributed by atoms with Crippen LogP contribution in [-0.4, -0.2) is 134 Å². The normalized spacial score (nSPS) is 52.7. The van der Waals surface area contributed by atoms with E-state index in [0.717, 1.165) is 0 Å². The van der Waals surface area contributed by atoms with Gasteiger partial charge in [0.2, 0.25) is 0 Å². The number of aliphatic hydroxyl groups is 8. The second-order valence-electron chi connectivity index (χ2n) is 6.95. The van der Waals surface area contributed by atoms with Crippen LogP contribution in [0.3, 0.4) is 0 Å². The molecule has 3 heterocycles. The zero-order valence-corrected chi connectivity index (χ0v) is 14.7. The van der Waals surface area contributed by atoms with Crippen LogP contribution in [0.25, 0.3) is 0 Å². The molecule has 0 amide bonds. The molecule has 3 rings (SSSR count). The molecule has 12 atom stereocenters. The standard InChI is InChI=1S/C15H26O13/c16-1-5-7(18)10(21)15(26-5)28-12-4(17)2-25-14(11(12)22)27-6-3-24-13(23)9(20)8(6)19/h4-23H,1-3H2/t4-,5+,6-,7+,8+,9-,10-,11-,12+,13+,14+,15+/m1/s1. The van der Waals surface area contributed by atoms with E-state index in [9.17, 15) is 35.7 Å². The van der Waals surface area contributed by atoms with Crippen LogP contribution < -0.4 is 0 Å². The summed E-state index contributed by atoms with van der Waals surface area (Å²) in [5, 5.41) is 78.3. The van der Waals surface area contributed by atoms with E-state index < -0.39 is 80.4 Å². The minimum absolute atomic E-state index is 0.297. The maximum Gasteiger partial charge on any atom is 0.187 e. The predicted octanol–water partition coefficient (Wildman–Crippen LogP) is -5.66. The molecule has 0 radical (unpaired) electrons. The van der Waals surface area contributed by atoms with Crippen LogP contribution in [0.15, 0.2) is 0 Å². The summed E-state index contributed by atoms with van der Waals surface area (Å²) >= 11 is 0. The first kappa shape index (κ1) is 22.2. The molecule has 13 heteroatoms. The first-order valence-corrected chi connectivity index (χ1v) is 8.81. The molecule has 0 saturated carbocycles. The van der Waals surface area contributed by atoms with Crippen molar-refractivity contribution in [3.05, 3.63) is 0 Å². The topological polar surface area (TPSA) is 208 Å². The lowest BCUT2D eigenvalue weighted by molar-refractivity contribution is -0.338. The highest BCUT2D eigenvalue weighted by Gasteiger charge is 2.49. The lowest BCUT2D eigenvalue weighted by Gasteiger charge is -2.42. The van der Waals surface area contributed by atoms with Crippen LogP contribution in [-0.2, 0) is 23.7 Å². The second-order valence-corrected chi connectivity index (χ2v) is 6.95. The average molecular weight is 414 g/mol. The molecule has 28 heavy (non-hydrogen) atoms. The van der Waals surface area contributed by atoms with Crippen molar-refractivity contribution in [3.63, 3.8) is 0 Å². The lowest BCUT2D eigenvalue weighted by atomic mass is 10.0. The molecule has 0 spiro atoms. The van der Waals surface area contributed by atoms with Gasteiger partial charge in [0.15, 0.2) is 18.9 Å². The number of rotatable bonds is 5. The Kier molecular flexibility index (Phi) is 7.20. The first-order chi connectivity index (χ1) is 13.2. The molecule has 0 unspecified atom stereocenters. The van der Waals surface area contributed by atoms with Crippen LogP contribution in [0.4, 0.5) is 0 Å². The highest BCUT2D eigenvalue weighted by Crippen LogP contribution is 2.29. The van der Waals surface area contributed by atoms with Gasteiger partial charge in [-0.2, -0.15) is 0 Å². The fraction of sp³-hybridized carbons (Fsp3) is 1.00. The highest BCUT2D eigenvalue weighted by molar-refractivity contribution is 4.91. The number of hydrogen-bond acceptors (Lipinski definition) is 13. The Hall–Kier alpha value is -0.520. The van der Waals surface area contributed by atoms with Crippen molar-refractivity contribution in [2.75, 3.05) is 19.8 Å². The maximum absolute atomic E-state index is 10.5. The quantitative estimate of drug-likeness (QED) is 0.211. The third-order valence-electron chi connectivity index (χ3n) is 4.98. The molecule has 0 aromatic rings. The fourth-order valence-electron chi connectivity index (χ4n) is 3.26. The smallest absolute Gasteiger partial charge is 0.187 e. The van der Waals surface area contributed by atoms with Crippen LogP contribution in [0.2, 0.25) is 0 Å². The van der Waals surface area contributed by atoms with E-state index in [1.54, 1.807) is 0 Å². The lowest BCUT2D eigenvalue weighted by Crippen LogP contribution is -2.60. The Labute approximate surface area is 159 Å². The summed E-state index contributed by atoms with van der Waals surface area (Å²) in [6, 6.07) is 0. The minimum atomic E-state index is -1.63. The Morgan fingerprint density at radius 1 is 0.714 bits per heavy atom. The van der Waals surface area contributed by atoms with Crippen molar-refractivity contribution in [2.24, 2.45) is 0 Å². The Morgan fingerprint density at radius 2 is 1.43 bits per heavy atom. The Morgan fingerprint density at radius 3 is 2.07 bits per heavy atom. The van der Waals surface area contributed by atoms with Gasteiger partial charge in [0.05, 0.1) is 19.8 Å². The number of hydrogen-bond donors (Lipinski definition) is 8. The van der Waals surface area contributed by atoms with Gasteiger partial charge < -0.3 is 64.5 Å². The Balaban J connectivity index is 1.62. The van der Waals surface area contributed by atoms with Gasteiger partial charge in [-0.25, -0.2) is 0 Å². The summed E-state index contributed by atoms with van der Waals surface area (Å²) < 4.78 is 26.0. The van der Waals surface area contributed by atoms with Crippen LogP contribution in [0, 0.1) is 0 Å². The molecular weight excluding hydrogens is 388 g/mol. The van der Waals surface area contributed by atoms with Gasteiger partial charge in [0, 0.05) is 0 Å². The molecule has 13 nitrogen and oxygen atoms in total. The van der Waals surface area contributed by atoms with Gasteiger partial charge in [0.25, 0.3) is 0 Å². The van der Waals surface area contributed by atoms with Crippen molar-refractivity contribution in [2.45, 2.75) is 73.8 Å². The maximum atomic E-state index is 10.5. The summed E-state index contributed by atoms with van der Waals surface area (Å²) in [6.45, 7) is -1.21. The molecule has 3 aliphatic heterocycles. The SMILES string of the molecule is OC[C@@H]1O[C@@H](O[C@@H]2[C@@H](O)[C@H](O[C@@H]3CO[C@H](O)[C@H](O)[C@H]3O)OC[C@H]2O)[C@H](O)[C@H]1O. The molecule has 0 bridgehead atoms. The van der Waals surface area contributed by atoms with E-state index in [2.05, 4.69) is 0 Å². The molecule has 3 saturated heterocycles. The van der Waals surface area contributed by atoms with Crippen LogP contribution in [0.5, 0.6) is 0 Å². The summed E-state index contributed by atoms with van der Waals surface area (Å²) in [5.41, 5.74) is 0. The third kappa shape index (κ3) is 4.32. The predicted molar refractivity (Wildman–Crippen MR) is 83.2 cm³/mol. The van der Waals surface area contributed by atoms with Crippen molar-refractivity contribution in [3.8, 4) is 0 Å². The van der Waals surface area contributed by atoms with Gasteiger partial charge in [-0.3, -0.25) is 0 Å². The van der Waals surface area contributed by atoms with E-state index in [1.165, 1.54) is 0 Å². The minimum Gasteiger partial charge on any atom is -0.394 e. The Bertz CT molecular complexity index is 508. The van der Waals surface area contributed by atoms with Gasteiger partial charge in [-0.05, 0) is 0 Å². The zero-order chi connectivity index (χ0) is 20.6. The molecule has 0 aromatic heterocycles. The summed E-state index contributed by atoms with van der Waals surface area (Å²) in [7, 11) is 0. The third-order valence-corrected chi connectivity index (χ3v) is 4.98. The van der Waals surface area contributed by atoms with Crippen LogP contribution >= 0.6 is 0 Å². The van der Waals surface area contributed by atoms with E-state index in [1.807, 2.05) is 0 Å². The molecule has 164 valence electrons. The molecule has 0 aliphatic carbocycles. The van der Waals surface area contributed by atoms with E-state index in [-0.39, 0.29) is 13.2 Å². The fourth-order valence-corrected chi connectivity index (χ4v) is 3.26. The van der Waals surface area contributed by atoms with Crippen molar-refractivity contribution in [1.82, 2.24) is 0 Å². The van der Waals surface area contributed by atoms with E-state index in [0.29, 0.717) is 0 Å². The molecule has 8 N–H and O–H groups in total. The van der Waals surface area contributed by atoms with Crippen LogP contribution in [0.1, 0.15) is 0 Å². The monoisotopic (exact) mass is 414 g/mol. The zero-order valence-electron chi connectivity index (χ0n) is 14.7. The molecule has 3 aliphatic rings. The summed E-state index contributed by atoms with van der Waals surface area (Å²) in [4.78, 5) is 0. The van der Waals surface area contributed by atoms with Crippen molar-refractivity contribution >= 4 is 0 Å². The number of ether oxygens (including phenoxy) is 5. The second kappa shape index (κ2) is 9.09. The van der Waals surface area contributed by atoms with Gasteiger partial charge in [0.1, 0.15) is 54.9 Å². The summed E-state index contributed by atoms with van der Waals surface area (Å²) in [6.07, 6.45) is -17.1. The average Bonchev–Trinajstić information content (AvgIpc) is 2.95. The molecule has 3 fully saturated rings. The van der Waals surface area contributed by atoms with Crippen molar-refractivity contribution < 1.29 is 64.5 Å². The number of aliphatic hydroxyl groups excluding tert-OH is 8. The van der Waals surface area contributed by atoms with Gasteiger partial charge in [-0.15, -0.1) is 0 Å². The van der Waals surface area contributed by atoms with E-state index in [4.69, 9.17) is 28.8 Å². The van der Waals surface area contributed by atoms with Crippen molar-refractivity contribution in [1.29, 1.82) is 0 Å².